The Balaban J connectivity index is 2.55. The van der Waals surface area contributed by atoms with Crippen molar-refractivity contribution in [3.05, 3.63) is 0 Å². The van der Waals surface area contributed by atoms with E-state index < -0.39 is 12.1 Å². The van der Waals surface area contributed by atoms with Gasteiger partial charge in [-0.25, -0.2) is 4.79 Å². The first-order valence-electron chi connectivity index (χ1n) is 6.30. The molecule has 2 unspecified atom stereocenters. The van der Waals surface area contributed by atoms with Crippen LogP contribution in [0.1, 0.15) is 26.7 Å². The molecule has 6 nitrogen and oxygen atoms in total. The number of carboxylic acid groups (broad SMARTS) is 1. The Kier molecular flexibility index (Phi) is 5.40. The van der Waals surface area contributed by atoms with E-state index in [0.717, 1.165) is 6.42 Å². The number of rotatable bonds is 4. The largest absolute Gasteiger partial charge is 0.481 e. The summed E-state index contributed by atoms with van der Waals surface area (Å²) in [5.41, 5.74) is 0. The third-order valence-corrected chi connectivity index (χ3v) is 3.37. The summed E-state index contributed by atoms with van der Waals surface area (Å²) in [6, 6.07) is 0.126. The zero-order valence-electron chi connectivity index (χ0n) is 11.3. The van der Waals surface area contributed by atoms with Crippen molar-refractivity contribution in [3.63, 3.8) is 0 Å². The number of aliphatic carboxylic acids is 1. The number of carbonyl (C=O) groups is 2. The molecule has 2 amide bonds. The highest BCUT2D eigenvalue weighted by molar-refractivity contribution is 5.75. The molecule has 0 spiro atoms. The number of carboxylic acids is 1. The van der Waals surface area contributed by atoms with E-state index in [1.807, 2.05) is 13.8 Å². The highest BCUT2D eigenvalue weighted by atomic mass is 16.5. The van der Waals surface area contributed by atoms with Gasteiger partial charge in [-0.05, 0) is 13.3 Å². The second-order valence-corrected chi connectivity index (χ2v) is 4.69. The second kappa shape index (κ2) is 6.58. The van der Waals surface area contributed by atoms with Crippen LogP contribution in [-0.2, 0) is 9.53 Å². The lowest BCUT2D eigenvalue weighted by atomic mass is 10.2. The number of amides is 2. The van der Waals surface area contributed by atoms with Crippen molar-refractivity contribution in [1.82, 2.24) is 9.80 Å². The van der Waals surface area contributed by atoms with Crippen LogP contribution in [-0.4, -0.2) is 65.8 Å². The predicted octanol–water partition coefficient (Wildman–Crippen LogP) is 1.01. The van der Waals surface area contributed by atoms with Crippen LogP contribution >= 0.6 is 0 Å². The molecule has 0 radical (unpaired) electrons. The Hall–Kier alpha value is -1.30. The fourth-order valence-electron chi connectivity index (χ4n) is 1.90. The number of morpholine rings is 1. The Bertz CT molecular complexity index is 308. The molecule has 1 fully saturated rings. The number of hydrogen-bond acceptors (Lipinski definition) is 3. The molecule has 1 heterocycles. The van der Waals surface area contributed by atoms with E-state index in [-0.39, 0.29) is 18.5 Å². The van der Waals surface area contributed by atoms with Gasteiger partial charge >= 0.3 is 12.0 Å². The summed E-state index contributed by atoms with van der Waals surface area (Å²) in [6.07, 6.45) is 0.438. The molecule has 1 saturated heterocycles. The molecule has 0 bridgehead atoms. The zero-order chi connectivity index (χ0) is 13.7. The lowest BCUT2D eigenvalue weighted by Crippen LogP contribution is -2.52. The smallest absolute Gasteiger partial charge is 0.320 e. The van der Waals surface area contributed by atoms with E-state index in [2.05, 4.69) is 0 Å². The van der Waals surface area contributed by atoms with E-state index in [9.17, 15) is 9.59 Å². The molecule has 18 heavy (non-hydrogen) atoms. The van der Waals surface area contributed by atoms with E-state index in [0.29, 0.717) is 19.7 Å². The van der Waals surface area contributed by atoms with Gasteiger partial charge in [-0.15, -0.1) is 0 Å². The Labute approximate surface area is 107 Å². The van der Waals surface area contributed by atoms with Crippen LogP contribution in [0.5, 0.6) is 0 Å². The first-order valence-corrected chi connectivity index (χ1v) is 6.30. The molecule has 1 rings (SSSR count). The third kappa shape index (κ3) is 3.87. The van der Waals surface area contributed by atoms with E-state index in [4.69, 9.17) is 9.84 Å². The number of hydrogen-bond donors (Lipinski definition) is 1. The van der Waals surface area contributed by atoms with Gasteiger partial charge in [0.15, 0.2) is 0 Å². The summed E-state index contributed by atoms with van der Waals surface area (Å²) in [5, 5.41) is 8.73. The monoisotopic (exact) mass is 258 g/mol. The first-order chi connectivity index (χ1) is 8.45. The van der Waals surface area contributed by atoms with Gasteiger partial charge in [0.05, 0.1) is 19.1 Å². The number of urea groups is 1. The van der Waals surface area contributed by atoms with Crippen molar-refractivity contribution >= 4 is 12.0 Å². The third-order valence-electron chi connectivity index (χ3n) is 3.37. The average molecular weight is 258 g/mol. The highest BCUT2D eigenvalue weighted by Crippen LogP contribution is 2.12. The number of ether oxygens (including phenoxy) is 1. The molecule has 1 N–H and O–H groups in total. The lowest BCUT2D eigenvalue weighted by Gasteiger charge is -2.36. The van der Waals surface area contributed by atoms with Crippen LogP contribution in [0.25, 0.3) is 0 Å². The molecule has 0 saturated carbocycles. The van der Waals surface area contributed by atoms with Crippen molar-refractivity contribution in [2.24, 2.45) is 0 Å². The number of nitrogens with zero attached hydrogens (tertiary/aromatic N) is 2. The maximum Gasteiger partial charge on any atom is 0.320 e. The summed E-state index contributed by atoms with van der Waals surface area (Å²) >= 11 is 0. The maximum absolute atomic E-state index is 12.2. The minimum Gasteiger partial charge on any atom is -0.481 e. The molecule has 0 aromatic heterocycles. The molecule has 2 atom stereocenters. The molecular weight excluding hydrogens is 236 g/mol. The molecule has 0 aliphatic carbocycles. The maximum atomic E-state index is 12.2. The normalized spacial score (nSPS) is 21.5. The standard InChI is InChI=1S/C12H22N2O4/c1-4-9(2)13(3)12(17)14-5-6-18-10(8-14)7-11(15)16/h9-10H,4-8H2,1-3H3,(H,15,16). The fraction of sp³-hybridized carbons (Fsp3) is 0.833. The Morgan fingerprint density at radius 2 is 2.22 bits per heavy atom. The van der Waals surface area contributed by atoms with Crippen LogP contribution in [0.4, 0.5) is 4.79 Å². The van der Waals surface area contributed by atoms with Crippen molar-refractivity contribution in [2.75, 3.05) is 26.7 Å². The minimum atomic E-state index is -0.899. The van der Waals surface area contributed by atoms with Gasteiger partial charge in [-0.1, -0.05) is 6.92 Å². The fourth-order valence-corrected chi connectivity index (χ4v) is 1.90. The molecule has 104 valence electrons. The van der Waals surface area contributed by atoms with Crippen molar-refractivity contribution in [1.29, 1.82) is 0 Å². The predicted molar refractivity (Wildman–Crippen MR) is 66.5 cm³/mol. The van der Waals surface area contributed by atoms with Crippen molar-refractivity contribution < 1.29 is 19.4 Å². The molecule has 0 aromatic rings. The second-order valence-electron chi connectivity index (χ2n) is 4.69. The van der Waals surface area contributed by atoms with Crippen molar-refractivity contribution in [2.45, 2.75) is 38.8 Å². The molecular formula is C12H22N2O4. The quantitative estimate of drug-likeness (QED) is 0.817. The summed E-state index contributed by atoms with van der Waals surface area (Å²) in [7, 11) is 1.78. The van der Waals surface area contributed by atoms with E-state index in [1.54, 1.807) is 16.8 Å². The van der Waals surface area contributed by atoms with E-state index in [1.165, 1.54) is 0 Å². The minimum absolute atomic E-state index is 0.0527. The first kappa shape index (κ1) is 14.8. The summed E-state index contributed by atoms with van der Waals surface area (Å²) in [5.74, 6) is -0.899. The zero-order valence-corrected chi connectivity index (χ0v) is 11.3. The van der Waals surface area contributed by atoms with Gasteiger partial charge in [0.25, 0.3) is 0 Å². The number of carbonyl (C=O) groups excluding carboxylic acids is 1. The van der Waals surface area contributed by atoms with Crippen LogP contribution in [0.2, 0.25) is 0 Å². The molecule has 6 heteroatoms. The van der Waals surface area contributed by atoms with Gasteiger partial charge in [-0.3, -0.25) is 4.79 Å². The molecule has 0 aromatic carbocycles. The summed E-state index contributed by atoms with van der Waals surface area (Å²) in [4.78, 5) is 26.2. The van der Waals surface area contributed by atoms with E-state index >= 15 is 0 Å². The van der Waals surface area contributed by atoms with Gasteiger partial charge in [-0.2, -0.15) is 0 Å². The average Bonchev–Trinajstić information content (AvgIpc) is 2.35. The van der Waals surface area contributed by atoms with Crippen LogP contribution in [0.3, 0.4) is 0 Å². The summed E-state index contributed by atoms with van der Waals surface area (Å²) in [6.45, 7) is 5.30. The topological polar surface area (TPSA) is 70.1 Å². The Morgan fingerprint density at radius 1 is 1.56 bits per heavy atom. The molecule has 1 aliphatic rings. The van der Waals surface area contributed by atoms with Crippen LogP contribution < -0.4 is 0 Å². The van der Waals surface area contributed by atoms with Gasteiger partial charge < -0.3 is 19.6 Å². The highest BCUT2D eigenvalue weighted by Gasteiger charge is 2.28. The Morgan fingerprint density at radius 3 is 2.78 bits per heavy atom. The van der Waals surface area contributed by atoms with Gasteiger partial charge in [0, 0.05) is 26.2 Å². The lowest BCUT2D eigenvalue weighted by molar-refractivity contribution is -0.141. The molecule has 1 aliphatic heterocycles. The SMILES string of the molecule is CCC(C)N(C)C(=O)N1CCOC(CC(=O)O)C1. The van der Waals surface area contributed by atoms with Crippen LogP contribution in [0, 0.1) is 0 Å². The van der Waals surface area contributed by atoms with Crippen molar-refractivity contribution in [3.8, 4) is 0 Å². The van der Waals surface area contributed by atoms with Gasteiger partial charge in [0.1, 0.15) is 0 Å². The van der Waals surface area contributed by atoms with Crippen LogP contribution in [0.15, 0.2) is 0 Å². The van der Waals surface area contributed by atoms with Gasteiger partial charge in [0.2, 0.25) is 0 Å². The summed E-state index contributed by atoms with van der Waals surface area (Å²) < 4.78 is 5.34.